The standard InChI is InChI=1S/C19H31N3O3/c1-16-7-4-5-11-22(16)18-15-17(8-9-20-18)19(23)21(12-14-25-3)10-6-13-24-2/h8-9,15-16H,4-7,10-14H2,1-3H3. The molecule has 0 saturated carbocycles. The molecular formula is C19H31N3O3. The number of nitrogens with zero attached hydrogens (tertiary/aromatic N) is 3. The first-order chi connectivity index (χ1) is 12.2. The summed E-state index contributed by atoms with van der Waals surface area (Å²) in [6, 6.07) is 4.20. The van der Waals surface area contributed by atoms with E-state index in [0.29, 0.717) is 37.9 Å². The first-order valence-electron chi connectivity index (χ1n) is 9.17. The number of pyridine rings is 1. The van der Waals surface area contributed by atoms with Crippen molar-refractivity contribution in [2.75, 3.05) is 52.0 Å². The Labute approximate surface area is 151 Å². The molecule has 140 valence electrons. The molecule has 6 heteroatoms. The number of ether oxygens (including phenoxy) is 2. The number of hydrogen-bond donors (Lipinski definition) is 0. The maximum Gasteiger partial charge on any atom is 0.254 e. The molecule has 1 aliphatic rings. The number of amides is 1. The van der Waals surface area contributed by atoms with Gasteiger partial charge in [0, 0.05) is 58.3 Å². The summed E-state index contributed by atoms with van der Waals surface area (Å²) in [6.45, 7) is 5.64. The summed E-state index contributed by atoms with van der Waals surface area (Å²) in [5.74, 6) is 0.933. The fourth-order valence-corrected chi connectivity index (χ4v) is 3.25. The number of methoxy groups -OCH3 is 2. The molecule has 2 rings (SSSR count). The van der Waals surface area contributed by atoms with Gasteiger partial charge in [0.15, 0.2) is 0 Å². The summed E-state index contributed by atoms with van der Waals surface area (Å²) in [5.41, 5.74) is 0.691. The topological polar surface area (TPSA) is 54.9 Å². The largest absolute Gasteiger partial charge is 0.385 e. The van der Waals surface area contributed by atoms with Crippen molar-refractivity contribution >= 4 is 11.7 Å². The summed E-state index contributed by atoms with van der Waals surface area (Å²) in [7, 11) is 3.33. The Bertz CT molecular complexity index is 538. The Kier molecular flexibility index (Phi) is 8.15. The van der Waals surface area contributed by atoms with E-state index in [0.717, 1.165) is 18.8 Å². The summed E-state index contributed by atoms with van der Waals surface area (Å²) < 4.78 is 10.3. The van der Waals surface area contributed by atoms with Gasteiger partial charge < -0.3 is 19.3 Å². The molecule has 1 amide bonds. The van der Waals surface area contributed by atoms with Crippen molar-refractivity contribution < 1.29 is 14.3 Å². The normalized spacial score (nSPS) is 17.6. The lowest BCUT2D eigenvalue weighted by atomic mass is 10.0. The zero-order valence-electron chi connectivity index (χ0n) is 15.7. The highest BCUT2D eigenvalue weighted by atomic mass is 16.5. The third-order valence-corrected chi connectivity index (χ3v) is 4.72. The highest BCUT2D eigenvalue weighted by Gasteiger charge is 2.22. The van der Waals surface area contributed by atoms with Crippen LogP contribution in [0.2, 0.25) is 0 Å². The van der Waals surface area contributed by atoms with E-state index in [-0.39, 0.29) is 5.91 Å². The van der Waals surface area contributed by atoms with E-state index >= 15 is 0 Å². The van der Waals surface area contributed by atoms with Crippen LogP contribution in [0.25, 0.3) is 0 Å². The van der Waals surface area contributed by atoms with E-state index in [9.17, 15) is 4.79 Å². The molecule has 0 N–H and O–H groups in total. The minimum absolute atomic E-state index is 0.0291. The molecule has 2 heterocycles. The Morgan fingerprint density at radius 2 is 2.08 bits per heavy atom. The van der Waals surface area contributed by atoms with Gasteiger partial charge >= 0.3 is 0 Å². The zero-order chi connectivity index (χ0) is 18.1. The molecule has 1 unspecified atom stereocenters. The average molecular weight is 349 g/mol. The lowest BCUT2D eigenvalue weighted by Crippen LogP contribution is -2.38. The monoisotopic (exact) mass is 349 g/mol. The van der Waals surface area contributed by atoms with Crippen LogP contribution < -0.4 is 4.90 Å². The predicted molar refractivity (Wildman–Crippen MR) is 99.2 cm³/mol. The maximum absolute atomic E-state index is 12.9. The first-order valence-corrected chi connectivity index (χ1v) is 9.17. The van der Waals surface area contributed by atoms with Crippen LogP contribution in [0.4, 0.5) is 5.82 Å². The van der Waals surface area contributed by atoms with Crippen molar-refractivity contribution in [2.45, 2.75) is 38.6 Å². The summed E-state index contributed by atoms with van der Waals surface area (Å²) >= 11 is 0. The predicted octanol–water partition coefficient (Wildman–Crippen LogP) is 2.59. The molecule has 0 aromatic carbocycles. The highest BCUT2D eigenvalue weighted by molar-refractivity contribution is 5.94. The molecular weight excluding hydrogens is 318 g/mol. The molecule has 1 saturated heterocycles. The summed E-state index contributed by atoms with van der Waals surface area (Å²) in [6.07, 6.45) is 6.18. The van der Waals surface area contributed by atoms with Crippen LogP contribution in [-0.4, -0.2) is 68.9 Å². The van der Waals surface area contributed by atoms with Gasteiger partial charge in [0.05, 0.1) is 6.61 Å². The van der Waals surface area contributed by atoms with Crippen LogP contribution in [0.5, 0.6) is 0 Å². The quantitative estimate of drug-likeness (QED) is 0.642. The fraction of sp³-hybridized carbons (Fsp3) is 0.684. The van der Waals surface area contributed by atoms with E-state index in [1.807, 2.05) is 11.0 Å². The number of hydrogen-bond acceptors (Lipinski definition) is 5. The van der Waals surface area contributed by atoms with Crippen molar-refractivity contribution in [3.05, 3.63) is 23.9 Å². The molecule has 6 nitrogen and oxygen atoms in total. The van der Waals surface area contributed by atoms with Crippen LogP contribution in [0.1, 0.15) is 43.0 Å². The van der Waals surface area contributed by atoms with E-state index in [4.69, 9.17) is 9.47 Å². The van der Waals surface area contributed by atoms with Crippen LogP contribution in [0, 0.1) is 0 Å². The van der Waals surface area contributed by atoms with Crippen LogP contribution >= 0.6 is 0 Å². The second-order valence-corrected chi connectivity index (χ2v) is 6.57. The second-order valence-electron chi connectivity index (χ2n) is 6.57. The number of aromatic nitrogens is 1. The molecule has 1 atom stereocenters. The zero-order valence-corrected chi connectivity index (χ0v) is 15.7. The average Bonchev–Trinajstić information content (AvgIpc) is 2.64. The number of carbonyl (C=O) groups is 1. The molecule has 1 aliphatic heterocycles. The SMILES string of the molecule is COCCCN(CCOC)C(=O)c1ccnc(N2CCCCC2C)c1. The molecule has 0 aliphatic carbocycles. The van der Waals surface area contributed by atoms with Gasteiger partial charge in [0.1, 0.15) is 5.82 Å². The third-order valence-electron chi connectivity index (χ3n) is 4.72. The van der Waals surface area contributed by atoms with Crippen LogP contribution in [0.3, 0.4) is 0 Å². The third kappa shape index (κ3) is 5.68. The van der Waals surface area contributed by atoms with Gasteiger partial charge in [0.2, 0.25) is 0 Å². The summed E-state index contributed by atoms with van der Waals surface area (Å²) in [4.78, 5) is 21.6. The van der Waals surface area contributed by atoms with Gasteiger partial charge in [-0.25, -0.2) is 4.98 Å². The minimum Gasteiger partial charge on any atom is -0.385 e. The number of carbonyl (C=O) groups excluding carboxylic acids is 1. The molecule has 0 bridgehead atoms. The van der Waals surface area contributed by atoms with Crippen molar-refractivity contribution in [1.82, 2.24) is 9.88 Å². The minimum atomic E-state index is 0.0291. The smallest absolute Gasteiger partial charge is 0.254 e. The van der Waals surface area contributed by atoms with E-state index in [2.05, 4.69) is 16.8 Å². The molecule has 0 spiro atoms. The molecule has 25 heavy (non-hydrogen) atoms. The van der Waals surface area contributed by atoms with Gasteiger partial charge in [0.25, 0.3) is 5.91 Å². The number of anilines is 1. The Balaban J connectivity index is 2.11. The van der Waals surface area contributed by atoms with Gasteiger partial charge in [-0.1, -0.05) is 0 Å². The van der Waals surface area contributed by atoms with Crippen molar-refractivity contribution in [1.29, 1.82) is 0 Å². The highest BCUT2D eigenvalue weighted by Crippen LogP contribution is 2.23. The molecule has 0 radical (unpaired) electrons. The number of rotatable bonds is 9. The Morgan fingerprint density at radius 1 is 1.28 bits per heavy atom. The van der Waals surface area contributed by atoms with E-state index in [1.54, 1.807) is 26.5 Å². The molecule has 1 fully saturated rings. The van der Waals surface area contributed by atoms with Crippen LogP contribution in [-0.2, 0) is 9.47 Å². The molecule has 1 aromatic heterocycles. The number of piperidine rings is 1. The fourth-order valence-electron chi connectivity index (χ4n) is 3.25. The van der Waals surface area contributed by atoms with Crippen molar-refractivity contribution in [2.24, 2.45) is 0 Å². The lowest BCUT2D eigenvalue weighted by molar-refractivity contribution is 0.0674. The van der Waals surface area contributed by atoms with E-state index in [1.165, 1.54) is 19.3 Å². The lowest BCUT2D eigenvalue weighted by Gasteiger charge is -2.34. The van der Waals surface area contributed by atoms with Gasteiger partial charge in [-0.15, -0.1) is 0 Å². The van der Waals surface area contributed by atoms with E-state index < -0.39 is 0 Å². The van der Waals surface area contributed by atoms with Crippen LogP contribution in [0.15, 0.2) is 18.3 Å². The Morgan fingerprint density at radius 3 is 2.80 bits per heavy atom. The second kappa shape index (κ2) is 10.4. The summed E-state index contributed by atoms with van der Waals surface area (Å²) in [5, 5.41) is 0. The van der Waals surface area contributed by atoms with Gasteiger partial charge in [-0.3, -0.25) is 4.79 Å². The maximum atomic E-state index is 12.9. The molecule has 1 aromatic rings. The van der Waals surface area contributed by atoms with Gasteiger partial charge in [-0.05, 0) is 44.7 Å². The van der Waals surface area contributed by atoms with Crippen molar-refractivity contribution in [3.63, 3.8) is 0 Å². The first kappa shape index (κ1) is 19.7. The van der Waals surface area contributed by atoms with Gasteiger partial charge in [-0.2, -0.15) is 0 Å². The van der Waals surface area contributed by atoms with Crippen molar-refractivity contribution in [3.8, 4) is 0 Å². The Hall–Kier alpha value is -1.66.